The maximum Gasteiger partial charge on any atom is 0.251 e. The van der Waals surface area contributed by atoms with Gasteiger partial charge in [-0.15, -0.1) is 0 Å². The Balaban J connectivity index is 2.05. The molecule has 7 heteroatoms. The number of rotatable bonds is 6. The monoisotopic (exact) mass is 334 g/mol. The zero-order valence-corrected chi connectivity index (χ0v) is 13.6. The van der Waals surface area contributed by atoms with Crippen LogP contribution in [0.2, 0.25) is 0 Å². The highest BCUT2D eigenvalue weighted by Crippen LogP contribution is 2.29. The number of ether oxygens (including phenoxy) is 1. The Morgan fingerprint density at radius 3 is 2.91 bits per heavy atom. The van der Waals surface area contributed by atoms with Crippen molar-refractivity contribution in [1.82, 2.24) is 9.29 Å². The van der Waals surface area contributed by atoms with Crippen molar-refractivity contribution in [1.29, 1.82) is 0 Å². The highest BCUT2D eigenvalue weighted by molar-refractivity contribution is 7.89. The molecule has 1 aromatic carbocycles. The Labute approximate surface area is 134 Å². The molecule has 0 amide bonds. The Bertz CT molecular complexity index is 945. The Kier molecular flexibility index (Phi) is 3.99. The second-order valence-corrected chi connectivity index (χ2v) is 7.25. The summed E-state index contributed by atoms with van der Waals surface area (Å²) in [5, 5.41) is 0.808. The standard InChI is InChI=1S/C16H18N2O4S/c1-3-22-7-5-17-23(20,21)13-9-12-4-6-18-15(19)8-11(2)14(10-13)16(12)18/h3,8-10,17H,1,4-7H2,2H3. The molecule has 6 nitrogen and oxygen atoms in total. The van der Waals surface area contributed by atoms with E-state index in [1.165, 1.54) is 6.26 Å². The average molecular weight is 334 g/mol. The minimum absolute atomic E-state index is 0.0379. The van der Waals surface area contributed by atoms with Crippen LogP contribution in [0.15, 0.2) is 40.7 Å². The third-order valence-electron chi connectivity index (χ3n) is 4.01. The number of nitrogens with zero attached hydrogens (tertiary/aromatic N) is 1. The van der Waals surface area contributed by atoms with Gasteiger partial charge in [-0.25, -0.2) is 13.1 Å². The largest absolute Gasteiger partial charge is 0.500 e. The van der Waals surface area contributed by atoms with Gasteiger partial charge in [0.15, 0.2) is 0 Å². The van der Waals surface area contributed by atoms with Gasteiger partial charge in [-0.2, -0.15) is 0 Å². The summed E-state index contributed by atoms with van der Waals surface area (Å²) in [5.41, 5.74) is 2.50. The predicted octanol–water partition coefficient (Wildman–Crippen LogP) is 1.30. The molecule has 0 radical (unpaired) electrons. The lowest BCUT2D eigenvalue weighted by molar-refractivity contribution is 0.256. The van der Waals surface area contributed by atoms with Crippen LogP contribution in [0, 0.1) is 6.92 Å². The summed E-state index contributed by atoms with van der Waals surface area (Å²) < 4.78 is 34.0. The van der Waals surface area contributed by atoms with E-state index in [-0.39, 0.29) is 23.6 Å². The van der Waals surface area contributed by atoms with Crippen molar-refractivity contribution in [2.45, 2.75) is 24.8 Å². The van der Waals surface area contributed by atoms with E-state index < -0.39 is 10.0 Å². The molecular weight excluding hydrogens is 316 g/mol. The van der Waals surface area contributed by atoms with E-state index >= 15 is 0 Å². The minimum atomic E-state index is -3.62. The molecule has 23 heavy (non-hydrogen) atoms. The van der Waals surface area contributed by atoms with Gasteiger partial charge in [-0.1, -0.05) is 6.58 Å². The van der Waals surface area contributed by atoms with E-state index in [1.807, 2.05) is 6.92 Å². The van der Waals surface area contributed by atoms with Gasteiger partial charge in [0.2, 0.25) is 10.0 Å². The molecule has 0 fully saturated rings. The molecule has 0 aliphatic carbocycles. The van der Waals surface area contributed by atoms with Gasteiger partial charge in [0, 0.05) is 24.5 Å². The highest BCUT2D eigenvalue weighted by Gasteiger charge is 2.22. The van der Waals surface area contributed by atoms with Crippen LogP contribution in [0.1, 0.15) is 11.1 Å². The first-order valence-corrected chi connectivity index (χ1v) is 8.81. The summed E-state index contributed by atoms with van der Waals surface area (Å²) in [6, 6.07) is 4.84. The number of aromatic nitrogens is 1. The van der Waals surface area contributed by atoms with Gasteiger partial charge in [0.25, 0.3) is 5.56 Å². The number of hydrogen-bond acceptors (Lipinski definition) is 4. The van der Waals surface area contributed by atoms with Crippen LogP contribution < -0.4 is 10.3 Å². The van der Waals surface area contributed by atoms with Gasteiger partial charge in [-0.05, 0) is 36.6 Å². The maximum absolute atomic E-state index is 12.4. The lowest BCUT2D eigenvalue weighted by Crippen LogP contribution is -2.27. The number of aryl methyl sites for hydroxylation is 3. The van der Waals surface area contributed by atoms with Crippen LogP contribution in [-0.4, -0.2) is 26.1 Å². The van der Waals surface area contributed by atoms with Gasteiger partial charge in [0.1, 0.15) is 6.61 Å². The molecular formula is C16H18N2O4S. The number of pyridine rings is 1. The van der Waals surface area contributed by atoms with E-state index in [0.29, 0.717) is 13.0 Å². The van der Waals surface area contributed by atoms with E-state index in [2.05, 4.69) is 11.3 Å². The van der Waals surface area contributed by atoms with E-state index in [4.69, 9.17) is 4.74 Å². The number of sulfonamides is 1. The van der Waals surface area contributed by atoms with Crippen LogP contribution in [0.3, 0.4) is 0 Å². The van der Waals surface area contributed by atoms with Crippen molar-refractivity contribution >= 4 is 20.9 Å². The van der Waals surface area contributed by atoms with Crippen molar-refractivity contribution in [3.8, 4) is 0 Å². The van der Waals surface area contributed by atoms with Crippen LogP contribution in [0.25, 0.3) is 10.9 Å². The third kappa shape index (κ3) is 2.77. The highest BCUT2D eigenvalue weighted by atomic mass is 32.2. The topological polar surface area (TPSA) is 77.4 Å². The van der Waals surface area contributed by atoms with Crippen LogP contribution >= 0.6 is 0 Å². The summed E-state index contributed by atoms with van der Waals surface area (Å²) in [6.45, 7) is 6.21. The zero-order chi connectivity index (χ0) is 16.6. The molecule has 0 atom stereocenters. The molecule has 1 aliphatic heterocycles. The van der Waals surface area contributed by atoms with Crippen LogP contribution in [0.4, 0.5) is 0 Å². The SMILES string of the molecule is C=COCCNS(=O)(=O)c1cc2c3c(c1)c(C)cc(=O)n3CC2. The van der Waals surface area contributed by atoms with Crippen molar-refractivity contribution < 1.29 is 13.2 Å². The number of hydrogen-bond donors (Lipinski definition) is 1. The van der Waals surface area contributed by atoms with E-state index in [9.17, 15) is 13.2 Å². The lowest BCUT2D eigenvalue weighted by Gasteiger charge is -2.11. The summed E-state index contributed by atoms with van der Waals surface area (Å²) in [6.07, 6.45) is 1.94. The number of benzene rings is 1. The molecule has 3 rings (SSSR count). The Morgan fingerprint density at radius 2 is 2.17 bits per heavy atom. The molecule has 2 aromatic rings. The molecule has 0 bridgehead atoms. The molecule has 0 saturated heterocycles. The van der Waals surface area contributed by atoms with Gasteiger partial charge in [0.05, 0.1) is 16.7 Å². The maximum atomic E-state index is 12.4. The summed E-state index contributed by atoms with van der Waals surface area (Å²) in [4.78, 5) is 12.2. The van der Waals surface area contributed by atoms with E-state index in [0.717, 1.165) is 22.0 Å². The summed E-state index contributed by atoms with van der Waals surface area (Å²) in [5.74, 6) is 0. The van der Waals surface area contributed by atoms with Gasteiger partial charge in [-0.3, -0.25) is 4.79 Å². The normalized spacial score (nSPS) is 13.4. The molecule has 1 N–H and O–H groups in total. The molecule has 0 spiro atoms. The van der Waals surface area contributed by atoms with Crippen LogP contribution in [-0.2, 0) is 27.7 Å². The van der Waals surface area contributed by atoms with E-state index in [1.54, 1.807) is 22.8 Å². The molecule has 1 aliphatic rings. The fourth-order valence-corrected chi connectivity index (χ4v) is 4.03. The van der Waals surface area contributed by atoms with Crippen molar-refractivity contribution in [3.63, 3.8) is 0 Å². The van der Waals surface area contributed by atoms with Crippen LogP contribution in [0.5, 0.6) is 0 Å². The lowest BCUT2D eigenvalue weighted by atomic mass is 10.1. The summed E-state index contributed by atoms with van der Waals surface area (Å²) in [7, 11) is -3.62. The molecule has 0 saturated carbocycles. The first kappa shape index (κ1) is 15.8. The van der Waals surface area contributed by atoms with Gasteiger partial charge >= 0.3 is 0 Å². The predicted molar refractivity (Wildman–Crippen MR) is 88.0 cm³/mol. The third-order valence-corrected chi connectivity index (χ3v) is 5.45. The fraction of sp³-hybridized carbons (Fsp3) is 0.312. The second kappa shape index (κ2) is 5.82. The second-order valence-electron chi connectivity index (χ2n) is 5.48. The van der Waals surface area contributed by atoms with Crippen molar-refractivity contribution in [3.05, 3.63) is 52.5 Å². The average Bonchev–Trinajstić information content (AvgIpc) is 2.94. The first-order chi connectivity index (χ1) is 10.9. The Hall–Kier alpha value is -2.12. The molecule has 122 valence electrons. The fourth-order valence-electron chi connectivity index (χ4n) is 2.94. The minimum Gasteiger partial charge on any atom is -0.500 e. The van der Waals surface area contributed by atoms with Crippen molar-refractivity contribution in [2.75, 3.05) is 13.2 Å². The van der Waals surface area contributed by atoms with Crippen molar-refractivity contribution in [2.24, 2.45) is 0 Å². The zero-order valence-electron chi connectivity index (χ0n) is 12.8. The Morgan fingerprint density at radius 1 is 1.39 bits per heavy atom. The smallest absolute Gasteiger partial charge is 0.251 e. The summed E-state index contributed by atoms with van der Waals surface area (Å²) >= 11 is 0. The number of nitrogens with one attached hydrogen (secondary N) is 1. The molecule has 2 heterocycles. The molecule has 0 unspecified atom stereocenters. The quantitative estimate of drug-likeness (QED) is 0.638. The first-order valence-electron chi connectivity index (χ1n) is 7.33. The van der Waals surface area contributed by atoms with Gasteiger partial charge < -0.3 is 9.30 Å². The molecule has 1 aromatic heterocycles.